The summed E-state index contributed by atoms with van der Waals surface area (Å²) < 4.78 is 14.9. The summed E-state index contributed by atoms with van der Waals surface area (Å²) >= 11 is 0. The predicted molar refractivity (Wildman–Crippen MR) is 354 cm³/mol. The van der Waals surface area contributed by atoms with Crippen LogP contribution in [0, 0.1) is 0 Å². The Labute approximate surface area is 492 Å². The molecule has 0 radical (unpaired) electrons. The van der Waals surface area contributed by atoms with Crippen molar-refractivity contribution in [3.63, 3.8) is 0 Å². The van der Waals surface area contributed by atoms with Crippen LogP contribution in [0.25, 0.3) is 33.1 Å². The summed E-state index contributed by atoms with van der Waals surface area (Å²) in [5.41, 5.74) is 26.3. The summed E-state index contributed by atoms with van der Waals surface area (Å²) in [6, 6.07) is 108. The molecule has 2 aromatic heterocycles. The molecule has 0 fully saturated rings. The molecule has 12 aromatic carbocycles. The molecule has 0 unspecified atom stereocenters. The van der Waals surface area contributed by atoms with Crippen molar-refractivity contribution < 1.29 is 8.83 Å². The molecule has 9 heteroatoms. The summed E-state index contributed by atoms with van der Waals surface area (Å²) in [4.78, 5) is 12.4. The molecule has 0 bridgehead atoms. The number of rotatable bonds is 8. The maximum Gasteiger partial charge on any atom is 0.297 e. The first-order valence-corrected chi connectivity index (χ1v) is 29.1. The van der Waals surface area contributed by atoms with Gasteiger partial charge in [-0.05, 0) is 160 Å². The van der Waals surface area contributed by atoms with E-state index in [0.717, 1.165) is 146 Å². The number of nitrogens with zero attached hydrogens (tertiary/aromatic N) is 5. The standard InChI is InChI=1S/C76H49B2N5O2/c1-8-26-50(27-9-1)51-44-65-71-66(45-51)82(56-36-18-6-19-37-56)73-59-40-22-24-42-69(59)84-75(73)77(71)61-48-62-64(49-63(61)80(65)54-32-14-4-15-33-54)81(55-34-16-5-17-35-55)67-46-58(79(52-28-10-2-11-29-52)53-30-12-3-13-31-53)47-68-72(67)78(62)76-74(60-41-23-25-43-70(60)85-76)83(68)57-38-20-7-21-39-57/h1-49H. The molecule has 18 rings (SSSR count). The van der Waals surface area contributed by atoms with Crippen molar-refractivity contribution in [2.24, 2.45) is 0 Å². The zero-order chi connectivity index (χ0) is 55.7. The summed E-state index contributed by atoms with van der Waals surface area (Å²) in [6.07, 6.45) is 0. The van der Waals surface area contributed by atoms with E-state index in [1.807, 2.05) is 0 Å². The lowest BCUT2D eigenvalue weighted by molar-refractivity contribution is 0.651. The third-order valence-electron chi connectivity index (χ3n) is 17.7. The molecule has 7 nitrogen and oxygen atoms in total. The summed E-state index contributed by atoms with van der Waals surface area (Å²) in [6.45, 7) is -0.676. The number of hydrogen-bond donors (Lipinski definition) is 0. The molecular formula is C76H49B2N5O2. The lowest BCUT2D eigenvalue weighted by Gasteiger charge is -2.46. The SMILES string of the molecule is c1ccc(-c2cc3c4c(c2)N(c2ccccc2)c2c(oc5ccccc25)B4c2cc4c(cc2N3c2ccccc2)N(c2ccccc2)c2cc(N(c3ccccc3)c3ccccc3)cc3c2B4c2oc4ccccc4c2N3c2ccccc2)cc1. The Balaban J connectivity index is 0.993. The van der Waals surface area contributed by atoms with Crippen LogP contribution in [0.4, 0.5) is 85.3 Å². The second kappa shape index (κ2) is 18.7. The van der Waals surface area contributed by atoms with E-state index in [4.69, 9.17) is 8.83 Å². The van der Waals surface area contributed by atoms with Crippen LogP contribution in [0.1, 0.15) is 0 Å². The number of benzene rings is 12. The highest BCUT2D eigenvalue weighted by Gasteiger charge is 2.52. The molecule has 0 N–H and O–H groups in total. The number of fused-ring (bicyclic) bond motifs is 12. The van der Waals surface area contributed by atoms with E-state index in [9.17, 15) is 0 Å². The van der Waals surface area contributed by atoms with Crippen molar-refractivity contribution in [2.45, 2.75) is 0 Å². The van der Waals surface area contributed by atoms with Gasteiger partial charge in [-0.3, -0.25) is 0 Å². The quantitative estimate of drug-likeness (QED) is 0.140. The molecule has 0 saturated carbocycles. The molecule has 396 valence electrons. The monoisotopic (exact) mass is 1090 g/mol. The highest BCUT2D eigenvalue weighted by molar-refractivity contribution is 7.02. The summed E-state index contributed by atoms with van der Waals surface area (Å²) in [7, 11) is 0. The van der Waals surface area contributed by atoms with Crippen LogP contribution in [-0.4, -0.2) is 13.4 Å². The Hall–Kier alpha value is -11.2. The van der Waals surface area contributed by atoms with Crippen molar-refractivity contribution in [1.82, 2.24) is 0 Å². The smallest absolute Gasteiger partial charge is 0.297 e. The number of anilines is 15. The van der Waals surface area contributed by atoms with E-state index in [1.54, 1.807) is 0 Å². The van der Waals surface area contributed by atoms with Gasteiger partial charge in [-0.2, -0.15) is 0 Å². The van der Waals surface area contributed by atoms with E-state index >= 15 is 0 Å². The molecule has 85 heavy (non-hydrogen) atoms. The molecule has 0 saturated heterocycles. The molecule has 0 amide bonds. The van der Waals surface area contributed by atoms with Gasteiger partial charge in [0.05, 0.1) is 28.4 Å². The van der Waals surface area contributed by atoms with Gasteiger partial charge in [-0.1, -0.05) is 170 Å². The van der Waals surface area contributed by atoms with Gasteiger partial charge in [-0.15, -0.1) is 0 Å². The van der Waals surface area contributed by atoms with Crippen molar-refractivity contribution in [2.75, 3.05) is 24.5 Å². The lowest BCUT2D eigenvalue weighted by Crippen LogP contribution is -2.65. The predicted octanol–water partition coefficient (Wildman–Crippen LogP) is 16.5. The number of furan rings is 2. The fourth-order valence-corrected chi connectivity index (χ4v) is 14.3. The first-order chi connectivity index (χ1) is 42.2. The molecule has 0 aliphatic carbocycles. The van der Waals surface area contributed by atoms with Gasteiger partial charge < -0.3 is 33.3 Å². The maximum atomic E-state index is 7.49. The molecule has 0 spiro atoms. The largest absolute Gasteiger partial charge is 0.468 e. The van der Waals surface area contributed by atoms with Crippen LogP contribution < -0.4 is 57.7 Å². The Kier molecular flexibility index (Phi) is 10.4. The van der Waals surface area contributed by atoms with E-state index in [-0.39, 0.29) is 13.4 Å². The average Bonchev–Trinajstić information content (AvgIpc) is 3.34. The lowest BCUT2D eigenvalue weighted by atomic mass is 9.32. The van der Waals surface area contributed by atoms with Crippen LogP contribution in [0.2, 0.25) is 0 Å². The Morgan fingerprint density at radius 2 is 0.612 bits per heavy atom. The molecular weight excluding hydrogens is 1040 g/mol. The molecule has 6 heterocycles. The summed E-state index contributed by atoms with van der Waals surface area (Å²) in [5, 5.41) is 2.11. The van der Waals surface area contributed by atoms with Gasteiger partial charge in [-0.25, -0.2) is 0 Å². The third kappa shape index (κ3) is 7.11. The van der Waals surface area contributed by atoms with Gasteiger partial charge in [0.15, 0.2) is 0 Å². The number of para-hydroxylation sites is 8. The van der Waals surface area contributed by atoms with Gasteiger partial charge in [0.1, 0.15) is 11.2 Å². The van der Waals surface area contributed by atoms with Crippen LogP contribution >= 0.6 is 0 Å². The van der Waals surface area contributed by atoms with Gasteiger partial charge >= 0.3 is 0 Å². The third-order valence-corrected chi connectivity index (χ3v) is 17.7. The second-order valence-corrected chi connectivity index (χ2v) is 22.3. The highest BCUT2D eigenvalue weighted by atomic mass is 16.3. The Morgan fingerprint density at radius 3 is 1.05 bits per heavy atom. The minimum absolute atomic E-state index is 0.323. The van der Waals surface area contributed by atoms with Crippen molar-refractivity contribution in [1.29, 1.82) is 0 Å². The van der Waals surface area contributed by atoms with Gasteiger partial charge in [0.25, 0.3) is 13.4 Å². The Morgan fingerprint density at radius 1 is 0.271 bits per heavy atom. The maximum absolute atomic E-state index is 7.49. The zero-order valence-corrected chi connectivity index (χ0v) is 46.0. The molecule has 4 aliphatic heterocycles. The van der Waals surface area contributed by atoms with Crippen LogP contribution in [0.15, 0.2) is 306 Å². The van der Waals surface area contributed by atoms with Gasteiger partial charge in [0.2, 0.25) is 0 Å². The fourth-order valence-electron chi connectivity index (χ4n) is 14.3. The van der Waals surface area contributed by atoms with Crippen LogP contribution in [-0.2, 0) is 0 Å². The minimum Gasteiger partial charge on any atom is -0.468 e. The topological polar surface area (TPSA) is 42.5 Å². The zero-order valence-electron chi connectivity index (χ0n) is 46.0. The van der Waals surface area contributed by atoms with E-state index in [1.165, 1.54) is 5.46 Å². The second-order valence-electron chi connectivity index (χ2n) is 22.3. The first-order valence-electron chi connectivity index (χ1n) is 29.1. The average molecular weight is 1090 g/mol. The van der Waals surface area contributed by atoms with Crippen LogP contribution in [0.5, 0.6) is 0 Å². The van der Waals surface area contributed by atoms with Crippen molar-refractivity contribution in [3.8, 4) is 11.1 Å². The Bertz CT molecular complexity index is 4890. The van der Waals surface area contributed by atoms with Gasteiger partial charge in [0, 0.05) is 79.0 Å². The van der Waals surface area contributed by atoms with Crippen molar-refractivity contribution in [3.05, 3.63) is 297 Å². The summed E-state index contributed by atoms with van der Waals surface area (Å²) in [5.74, 6) is 0. The van der Waals surface area contributed by atoms with Crippen molar-refractivity contribution >= 4 is 154 Å². The number of hydrogen-bond acceptors (Lipinski definition) is 7. The molecule has 0 atom stereocenters. The van der Waals surface area contributed by atoms with E-state index in [0.29, 0.717) is 0 Å². The first kappa shape index (κ1) is 47.5. The van der Waals surface area contributed by atoms with Crippen LogP contribution in [0.3, 0.4) is 0 Å². The minimum atomic E-state index is -0.352. The molecule has 4 aliphatic rings. The fraction of sp³-hybridized carbons (Fsp3) is 0. The van der Waals surface area contributed by atoms with E-state index < -0.39 is 0 Å². The normalized spacial score (nSPS) is 13.3. The molecule has 14 aromatic rings. The highest BCUT2D eigenvalue weighted by Crippen LogP contribution is 2.53. The van der Waals surface area contributed by atoms with E-state index in [2.05, 4.69) is 322 Å².